The van der Waals surface area contributed by atoms with Gasteiger partial charge in [-0.15, -0.1) is 0 Å². The fourth-order valence-corrected chi connectivity index (χ4v) is 6.14. The number of hydrogen-bond acceptors (Lipinski definition) is 6. The molecule has 0 atom stereocenters. The van der Waals surface area contributed by atoms with Gasteiger partial charge in [-0.3, -0.25) is 10.1 Å². The van der Waals surface area contributed by atoms with E-state index >= 15 is 0 Å². The van der Waals surface area contributed by atoms with E-state index in [1.54, 1.807) is 10.9 Å². The van der Waals surface area contributed by atoms with Crippen LogP contribution in [0.3, 0.4) is 0 Å². The van der Waals surface area contributed by atoms with Crippen molar-refractivity contribution in [1.82, 2.24) is 14.8 Å². The van der Waals surface area contributed by atoms with Crippen molar-refractivity contribution in [1.29, 1.82) is 5.41 Å². The quantitative estimate of drug-likeness (QED) is 0.132. The van der Waals surface area contributed by atoms with E-state index in [9.17, 15) is 10.5 Å². The monoisotopic (exact) mass is 590 g/mol. The van der Waals surface area contributed by atoms with Crippen LogP contribution < -0.4 is 10.2 Å². The van der Waals surface area contributed by atoms with Gasteiger partial charge < -0.3 is 15.3 Å². The minimum atomic E-state index is -0.758. The lowest BCUT2D eigenvalue weighted by atomic mass is 9.76. The molecule has 3 N–H and O–H groups in total. The number of benzene rings is 4. The number of aryl methyl sites for hydroxylation is 1. The van der Waals surface area contributed by atoms with E-state index in [-0.39, 0.29) is 6.10 Å². The highest BCUT2D eigenvalue weighted by Gasteiger charge is 2.37. The van der Waals surface area contributed by atoms with Crippen molar-refractivity contribution in [3.05, 3.63) is 168 Å². The molecule has 3 heterocycles. The maximum absolute atomic E-state index is 9.88. The minimum absolute atomic E-state index is 0.344. The molecule has 0 unspecified atom stereocenters. The standard InChI is InChI=1S/C38H34N6O/c1-43-24-29(23-41-43)27-17-18-35(34(21-27)37(39)28-19-20-40-36(22-28)44-25-33(45)26-44)42-38(30-11-5-2-6-12-30,31-13-7-3-8-14-31)32-15-9-4-10-16-32/h2-24,33,39,42,45H,25-26H2,1H3. The molecule has 45 heavy (non-hydrogen) atoms. The number of nitrogens with one attached hydrogen (secondary N) is 2. The Bertz CT molecular complexity index is 1840. The molecule has 7 rings (SSSR count). The Hall–Kier alpha value is -5.53. The smallest absolute Gasteiger partial charge is 0.129 e. The zero-order valence-electron chi connectivity index (χ0n) is 25.0. The fraction of sp³-hybridized carbons (Fsp3) is 0.132. The average molecular weight is 591 g/mol. The lowest BCUT2D eigenvalue weighted by Gasteiger charge is -2.38. The Kier molecular flexibility index (Phi) is 7.45. The molecule has 0 saturated carbocycles. The van der Waals surface area contributed by atoms with Gasteiger partial charge in [-0.2, -0.15) is 5.10 Å². The van der Waals surface area contributed by atoms with Crippen LogP contribution in [0.2, 0.25) is 0 Å². The predicted molar refractivity (Wildman–Crippen MR) is 180 cm³/mol. The number of β-amino-alcohol motifs (C(OH)–C–C–N with tert-alkyl or cyclic N) is 1. The summed E-state index contributed by atoms with van der Waals surface area (Å²) in [6.07, 6.45) is 5.23. The minimum Gasteiger partial charge on any atom is -0.389 e. The molecule has 7 heteroatoms. The molecule has 1 aliphatic rings. The van der Waals surface area contributed by atoms with Crippen LogP contribution >= 0.6 is 0 Å². The summed E-state index contributed by atoms with van der Waals surface area (Å²) in [5.74, 6) is 0.757. The summed E-state index contributed by atoms with van der Waals surface area (Å²) >= 11 is 0. The van der Waals surface area contributed by atoms with Gasteiger partial charge in [0.05, 0.1) is 18.0 Å². The fourth-order valence-electron chi connectivity index (χ4n) is 6.14. The molecule has 1 saturated heterocycles. The molecular formula is C38H34N6O. The van der Waals surface area contributed by atoms with Gasteiger partial charge in [-0.05, 0) is 46.5 Å². The molecule has 0 radical (unpaired) electrons. The molecule has 1 fully saturated rings. The topological polar surface area (TPSA) is 90.1 Å². The third-order valence-electron chi connectivity index (χ3n) is 8.49. The second-order valence-electron chi connectivity index (χ2n) is 11.5. The third kappa shape index (κ3) is 5.39. The number of rotatable bonds is 9. The highest BCUT2D eigenvalue weighted by atomic mass is 16.3. The third-order valence-corrected chi connectivity index (χ3v) is 8.49. The van der Waals surface area contributed by atoms with Gasteiger partial charge in [0.2, 0.25) is 0 Å². The number of aliphatic hydroxyl groups is 1. The summed E-state index contributed by atoms with van der Waals surface area (Å²) in [6, 6.07) is 41.5. The second-order valence-corrected chi connectivity index (χ2v) is 11.5. The second kappa shape index (κ2) is 11.9. The molecule has 222 valence electrons. The number of aliphatic hydroxyl groups excluding tert-OH is 1. The van der Waals surface area contributed by atoms with E-state index in [0.717, 1.165) is 50.4 Å². The molecule has 4 aromatic carbocycles. The zero-order chi connectivity index (χ0) is 30.8. The zero-order valence-corrected chi connectivity index (χ0v) is 25.0. The van der Waals surface area contributed by atoms with Crippen LogP contribution in [0.5, 0.6) is 0 Å². The summed E-state index contributed by atoms with van der Waals surface area (Å²) in [4.78, 5) is 6.56. The van der Waals surface area contributed by atoms with Gasteiger partial charge in [0, 0.05) is 54.9 Å². The highest BCUT2D eigenvalue weighted by Crippen LogP contribution is 2.41. The first-order valence-corrected chi connectivity index (χ1v) is 15.1. The van der Waals surface area contributed by atoms with Crippen molar-refractivity contribution >= 4 is 17.2 Å². The van der Waals surface area contributed by atoms with Crippen LogP contribution in [0, 0.1) is 5.41 Å². The Morgan fingerprint density at radius 1 is 0.800 bits per heavy atom. The summed E-state index contributed by atoms with van der Waals surface area (Å²) in [5, 5.41) is 27.9. The first-order chi connectivity index (χ1) is 22.0. The van der Waals surface area contributed by atoms with Crippen LogP contribution in [0.1, 0.15) is 27.8 Å². The SMILES string of the molecule is Cn1cc(-c2ccc(NC(c3ccccc3)(c3ccccc3)c3ccccc3)c(C(=N)c3ccnc(N4CC(O)C4)c3)c2)cn1. The number of anilines is 2. The van der Waals surface area contributed by atoms with Gasteiger partial charge in [0.1, 0.15) is 11.4 Å². The predicted octanol–water partition coefficient (Wildman–Crippen LogP) is 6.48. The first kappa shape index (κ1) is 28.3. The largest absolute Gasteiger partial charge is 0.389 e. The van der Waals surface area contributed by atoms with Crippen molar-refractivity contribution in [3.63, 3.8) is 0 Å². The van der Waals surface area contributed by atoms with E-state index in [4.69, 9.17) is 0 Å². The van der Waals surface area contributed by atoms with Crippen molar-refractivity contribution < 1.29 is 5.11 Å². The Morgan fingerprint density at radius 3 is 1.93 bits per heavy atom. The van der Waals surface area contributed by atoms with Crippen LogP contribution in [-0.2, 0) is 12.6 Å². The lowest BCUT2D eigenvalue weighted by Crippen LogP contribution is -2.51. The molecule has 7 nitrogen and oxygen atoms in total. The Labute approximate surface area is 263 Å². The summed E-state index contributed by atoms with van der Waals surface area (Å²) in [6.45, 7) is 1.08. The molecule has 0 bridgehead atoms. The van der Waals surface area contributed by atoms with Crippen LogP contribution in [0.15, 0.2) is 140 Å². The summed E-state index contributed by atoms with van der Waals surface area (Å²) in [7, 11) is 1.90. The number of hydrogen-bond donors (Lipinski definition) is 3. The van der Waals surface area contributed by atoms with E-state index in [2.05, 4.69) is 106 Å². The Morgan fingerprint density at radius 2 is 1.40 bits per heavy atom. The lowest BCUT2D eigenvalue weighted by molar-refractivity contribution is 0.141. The Balaban J connectivity index is 1.41. The van der Waals surface area contributed by atoms with Crippen molar-refractivity contribution in [2.24, 2.45) is 7.05 Å². The number of nitrogens with zero attached hydrogens (tertiary/aromatic N) is 4. The van der Waals surface area contributed by atoms with E-state index in [0.29, 0.717) is 18.8 Å². The molecule has 0 aliphatic carbocycles. The van der Waals surface area contributed by atoms with Crippen molar-refractivity contribution in [2.45, 2.75) is 11.6 Å². The van der Waals surface area contributed by atoms with E-state index in [1.165, 1.54) is 0 Å². The van der Waals surface area contributed by atoms with Crippen LogP contribution in [0.4, 0.5) is 11.5 Å². The van der Waals surface area contributed by atoms with Crippen LogP contribution in [0.25, 0.3) is 11.1 Å². The summed E-state index contributed by atoms with van der Waals surface area (Å²) in [5.41, 5.74) is 7.13. The molecule has 0 amide bonds. The van der Waals surface area contributed by atoms with Crippen molar-refractivity contribution in [2.75, 3.05) is 23.3 Å². The normalized spacial score (nSPS) is 13.3. The maximum Gasteiger partial charge on any atom is 0.129 e. The molecule has 6 aromatic rings. The molecular weight excluding hydrogens is 556 g/mol. The average Bonchev–Trinajstić information content (AvgIpc) is 3.53. The number of pyridine rings is 1. The molecule has 1 aliphatic heterocycles. The van der Waals surface area contributed by atoms with Gasteiger partial charge in [-0.1, -0.05) is 97.1 Å². The highest BCUT2D eigenvalue weighted by molar-refractivity contribution is 6.15. The summed E-state index contributed by atoms with van der Waals surface area (Å²) < 4.78 is 1.79. The van der Waals surface area contributed by atoms with Crippen LogP contribution in [-0.4, -0.2) is 44.8 Å². The molecule has 2 aromatic heterocycles. The van der Waals surface area contributed by atoms with Gasteiger partial charge >= 0.3 is 0 Å². The van der Waals surface area contributed by atoms with Gasteiger partial charge in [-0.25, -0.2) is 4.98 Å². The molecule has 0 spiro atoms. The van der Waals surface area contributed by atoms with E-state index in [1.807, 2.05) is 54.7 Å². The maximum atomic E-state index is 9.88. The van der Waals surface area contributed by atoms with E-state index < -0.39 is 5.54 Å². The van der Waals surface area contributed by atoms with Gasteiger partial charge in [0.25, 0.3) is 0 Å². The number of aromatic nitrogens is 3. The van der Waals surface area contributed by atoms with Gasteiger partial charge in [0.15, 0.2) is 0 Å². The van der Waals surface area contributed by atoms with Crippen molar-refractivity contribution in [3.8, 4) is 11.1 Å². The first-order valence-electron chi connectivity index (χ1n) is 15.1.